The van der Waals surface area contributed by atoms with Gasteiger partial charge in [0.2, 0.25) is 0 Å². The summed E-state index contributed by atoms with van der Waals surface area (Å²) in [7, 11) is 0. The van der Waals surface area contributed by atoms with E-state index >= 15 is 0 Å². The molecular formula is C8H18O4. The van der Waals surface area contributed by atoms with Crippen molar-refractivity contribution in [3.05, 3.63) is 0 Å². The fourth-order valence-electron chi connectivity index (χ4n) is 0.891. The molecule has 4 heteroatoms. The van der Waals surface area contributed by atoms with Crippen LogP contribution in [0.5, 0.6) is 0 Å². The van der Waals surface area contributed by atoms with Crippen molar-refractivity contribution in [3.8, 4) is 0 Å². The summed E-state index contributed by atoms with van der Waals surface area (Å²) >= 11 is 0. The van der Waals surface area contributed by atoms with Crippen LogP contribution in [0.25, 0.3) is 0 Å². The third-order valence-electron chi connectivity index (χ3n) is 1.44. The second kappa shape index (κ2) is 7.49. The fraction of sp³-hybridized carbons (Fsp3) is 1.00. The highest BCUT2D eigenvalue weighted by Crippen LogP contribution is 2.02. The zero-order chi connectivity index (χ0) is 9.40. The topological polar surface area (TPSA) is 58.9 Å². The molecule has 0 saturated carbocycles. The highest BCUT2D eigenvalue weighted by molar-refractivity contribution is 4.54. The Morgan fingerprint density at radius 2 is 2.00 bits per heavy atom. The molecule has 0 rings (SSSR count). The number of aliphatic hydroxyl groups is 2. The van der Waals surface area contributed by atoms with Crippen molar-refractivity contribution in [1.29, 1.82) is 0 Å². The van der Waals surface area contributed by atoms with Gasteiger partial charge in [0.25, 0.3) is 0 Å². The van der Waals surface area contributed by atoms with Crippen LogP contribution in [-0.4, -0.2) is 42.4 Å². The average Bonchev–Trinajstić information content (AvgIpc) is 2.04. The zero-order valence-electron chi connectivity index (χ0n) is 7.69. The summed E-state index contributed by atoms with van der Waals surface area (Å²) in [6, 6.07) is 0. The van der Waals surface area contributed by atoms with Crippen LogP contribution >= 0.6 is 0 Å². The van der Waals surface area contributed by atoms with Gasteiger partial charge >= 0.3 is 0 Å². The van der Waals surface area contributed by atoms with Gasteiger partial charge in [0.05, 0.1) is 12.7 Å². The molecule has 0 heterocycles. The van der Waals surface area contributed by atoms with Crippen molar-refractivity contribution < 1.29 is 19.7 Å². The third-order valence-corrected chi connectivity index (χ3v) is 1.44. The highest BCUT2D eigenvalue weighted by atomic mass is 16.7. The molecule has 0 aromatic rings. The third kappa shape index (κ3) is 5.49. The SMILES string of the molecule is CCOC(C)O[C@@H](CO)CCO. The normalized spacial score (nSPS) is 16.0. The molecule has 12 heavy (non-hydrogen) atoms. The maximum Gasteiger partial charge on any atom is 0.155 e. The molecule has 2 atom stereocenters. The monoisotopic (exact) mass is 178 g/mol. The van der Waals surface area contributed by atoms with Crippen LogP contribution in [0.15, 0.2) is 0 Å². The van der Waals surface area contributed by atoms with Crippen molar-refractivity contribution in [2.45, 2.75) is 32.7 Å². The van der Waals surface area contributed by atoms with Crippen LogP contribution < -0.4 is 0 Å². The average molecular weight is 178 g/mol. The Labute approximate surface area is 73.1 Å². The van der Waals surface area contributed by atoms with Gasteiger partial charge in [0, 0.05) is 13.2 Å². The first-order valence-corrected chi connectivity index (χ1v) is 4.23. The Morgan fingerprint density at radius 1 is 1.33 bits per heavy atom. The minimum atomic E-state index is -0.323. The molecule has 0 aliphatic carbocycles. The predicted molar refractivity (Wildman–Crippen MR) is 44.7 cm³/mol. The Hall–Kier alpha value is -0.160. The first-order chi connectivity index (χ1) is 5.74. The maximum absolute atomic E-state index is 8.78. The lowest BCUT2D eigenvalue weighted by Crippen LogP contribution is -2.26. The van der Waals surface area contributed by atoms with Gasteiger partial charge in [-0.3, -0.25) is 0 Å². The minimum absolute atomic E-state index is 0.0179. The maximum atomic E-state index is 8.78. The lowest BCUT2D eigenvalue weighted by molar-refractivity contribution is -0.168. The van der Waals surface area contributed by atoms with Crippen LogP contribution in [0, 0.1) is 0 Å². The molecule has 0 fully saturated rings. The van der Waals surface area contributed by atoms with Crippen molar-refractivity contribution >= 4 is 0 Å². The van der Waals surface area contributed by atoms with E-state index in [0.717, 1.165) is 0 Å². The quantitative estimate of drug-likeness (QED) is 0.544. The molecule has 0 aromatic carbocycles. The van der Waals surface area contributed by atoms with Crippen molar-refractivity contribution in [1.82, 2.24) is 0 Å². The molecule has 0 bridgehead atoms. The second-order valence-corrected chi connectivity index (χ2v) is 2.48. The lowest BCUT2D eigenvalue weighted by Gasteiger charge is -2.19. The van der Waals surface area contributed by atoms with Crippen molar-refractivity contribution in [3.63, 3.8) is 0 Å². The zero-order valence-corrected chi connectivity index (χ0v) is 7.69. The van der Waals surface area contributed by atoms with E-state index in [1.165, 1.54) is 0 Å². The Balaban J connectivity index is 3.53. The molecule has 2 N–H and O–H groups in total. The van der Waals surface area contributed by atoms with Crippen molar-refractivity contribution in [2.75, 3.05) is 19.8 Å². The summed E-state index contributed by atoms with van der Waals surface area (Å²) in [4.78, 5) is 0. The minimum Gasteiger partial charge on any atom is -0.396 e. The Bertz CT molecular complexity index is 97.1. The summed E-state index contributed by atoms with van der Waals surface area (Å²) in [6.07, 6.45) is -0.205. The van der Waals surface area contributed by atoms with Crippen LogP contribution in [0.3, 0.4) is 0 Å². The summed E-state index contributed by atoms with van der Waals surface area (Å²) in [5.74, 6) is 0. The molecule has 0 amide bonds. The van der Waals surface area contributed by atoms with Gasteiger partial charge in [0.1, 0.15) is 0 Å². The standard InChI is InChI=1S/C8H18O4/c1-3-11-7(2)12-8(6-10)4-5-9/h7-10H,3-6H2,1-2H3/t7?,8-/m1/s1. The first kappa shape index (κ1) is 11.8. The van der Waals surface area contributed by atoms with Gasteiger partial charge in [-0.25, -0.2) is 0 Å². The number of rotatable bonds is 7. The molecule has 1 unspecified atom stereocenters. The Kier molecular flexibility index (Phi) is 7.39. The highest BCUT2D eigenvalue weighted by Gasteiger charge is 2.11. The number of hydrogen-bond acceptors (Lipinski definition) is 4. The van der Waals surface area contributed by atoms with Gasteiger partial charge in [-0.2, -0.15) is 0 Å². The summed E-state index contributed by atoms with van der Waals surface area (Å²) in [5.41, 5.74) is 0. The first-order valence-electron chi connectivity index (χ1n) is 4.23. The van der Waals surface area contributed by atoms with Gasteiger partial charge in [0.15, 0.2) is 6.29 Å². The number of ether oxygens (including phenoxy) is 2. The molecule has 0 aromatic heterocycles. The molecule has 0 aliphatic rings. The van der Waals surface area contributed by atoms with Crippen LogP contribution in [-0.2, 0) is 9.47 Å². The lowest BCUT2D eigenvalue weighted by atomic mass is 10.3. The molecular weight excluding hydrogens is 160 g/mol. The van der Waals surface area contributed by atoms with Crippen LogP contribution in [0.2, 0.25) is 0 Å². The summed E-state index contributed by atoms with van der Waals surface area (Å²) in [5, 5.41) is 17.4. The van der Waals surface area contributed by atoms with E-state index in [1.807, 2.05) is 6.92 Å². The van der Waals surface area contributed by atoms with Crippen molar-refractivity contribution in [2.24, 2.45) is 0 Å². The molecule has 4 nitrogen and oxygen atoms in total. The van der Waals surface area contributed by atoms with Gasteiger partial charge < -0.3 is 19.7 Å². The van der Waals surface area contributed by atoms with E-state index in [9.17, 15) is 0 Å². The van der Waals surface area contributed by atoms with Crippen LogP contribution in [0.4, 0.5) is 0 Å². The number of hydrogen-bond donors (Lipinski definition) is 2. The van der Waals surface area contributed by atoms with Crippen LogP contribution in [0.1, 0.15) is 20.3 Å². The van der Waals surface area contributed by atoms with Gasteiger partial charge in [-0.15, -0.1) is 0 Å². The predicted octanol–water partition coefficient (Wildman–Crippen LogP) is 0.129. The van der Waals surface area contributed by atoms with E-state index in [-0.39, 0.29) is 25.6 Å². The molecule has 74 valence electrons. The molecule has 0 saturated heterocycles. The molecule has 0 spiro atoms. The van der Waals surface area contributed by atoms with Gasteiger partial charge in [-0.05, 0) is 20.3 Å². The molecule has 0 aliphatic heterocycles. The molecule has 0 radical (unpaired) electrons. The van der Waals surface area contributed by atoms with E-state index in [1.54, 1.807) is 6.92 Å². The van der Waals surface area contributed by atoms with E-state index in [4.69, 9.17) is 19.7 Å². The van der Waals surface area contributed by atoms with E-state index in [2.05, 4.69) is 0 Å². The van der Waals surface area contributed by atoms with E-state index < -0.39 is 0 Å². The van der Waals surface area contributed by atoms with E-state index in [0.29, 0.717) is 13.0 Å². The Morgan fingerprint density at radius 3 is 2.42 bits per heavy atom. The van der Waals surface area contributed by atoms with Gasteiger partial charge in [-0.1, -0.05) is 0 Å². The summed E-state index contributed by atoms with van der Waals surface area (Å²) in [6.45, 7) is 4.16. The fourth-order valence-corrected chi connectivity index (χ4v) is 0.891. The smallest absolute Gasteiger partial charge is 0.155 e. The largest absolute Gasteiger partial charge is 0.396 e. The number of aliphatic hydroxyl groups excluding tert-OH is 2. The second-order valence-electron chi connectivity index (χ2n) is 2.48. The summed E-state index contributed by atoms with van der Waals surface area (Å²) < 4.78 is 10.4.